The van der Waals surface area contributed by atoms with Gasteiger partial charge in [-0.2, -0.15) is 5.10 Å². The van der Waals surface area contributed by atoms with Crippen LogP contribution in [0.3, 0.4) is 0 Å². The molecule has 1 aromatic carbocycles. The van der Waals surface area contributed by atoms with E-state index < -0.39 is 0 Å². The molecular formula is C12H14N4. The minimum Gasteiger partial charge on any atom is -0.394 e. The molecule has 0 bridgehead atoms. The van der Waals surface area contributed by atoms with Gasteiger partial charge in [-0.3, -0.25) is 0 Å². The van der Waals surface area contributed by atoms with Crippen LogP contribution in [0.1, 0.15) is 24.5 Å². The van der Waals surface area contributed by atoms with Gasteiger partial charge < -0.3 is 11.5 Å². The highest BCUT2D eigenvalue weighted by Gasteiger charge is 2.30. The summed E-state index contributed by atoms with van der Waals surface area (Å²) in [5.74, 6) is 1.07. The van der Waals surface area contributed by atoms with Crippen LogP contribution in [0, 0.1) is 0 Å². The van der Waals surface area contributed by atoms with E-state index in [0.29, 0.717) is 17.4 Å². The zero-order chi connectivity index (χ0) is 11.1. The van der Waals surface area contributed by atoms with E-state index in [1.807, 2.05) is 30.3 Å². The summed E-state index contributed by atoms with van der Waals surface area (Å²) >= 11 is 0. The summed E-state index contributed by atoms with van der Waals surface area (Å²) in [6, 6.07) is 9.83. The first-order chi connectivity index (χ1) is 7.77. The topological polar surface area (TPSA) is 69.9 Å². The summed E-state index contributed by atoms with van der Waals surface area (Å²) in [5.41, 5.74) is 14.5. The smallest absolute Gasteiger partial charge is 0.150 e. The molecule has 4 heteroatoms. The molecule has 0 spiro atoms. The van der Waals surface area contributed by atoms with E-state index in [9.17, 15) is 0 Å². The first kappa shape index (κ1) is 9.27. The van der Waals surface area contributed by atoms with Crippen molar-refractivity contribution in [2.45, 2.75) is 18.8 Å². The van der Waals surface area contributed by atoms with Crippen LogP contribution in [0.5, 0.6) is 0 Å². The minimum absolute atomic E-state index is 0.521. The van der Waals surface area contributed by atoms with Crippen LogP contribution < -0.4 is 11.5 Å². The molecule has 0 amide bonds. The number of para-hydroxylation sites is 1. The Morgan fingerprint density at radius 1 is 1.12 bits per heavy atom. The van der Waals surface area contributed by atoms with Crippen LogP contribution in [0.15, 0.2) is 30.3 Å². The Kier molecular flexibility index (Phi) is 1.89. The maximum Gasteiger partial charge on any atom is 0.150 e. The number of aromatic nitrogens is 2. The van der Waals surface area contributed by atoms with Crippen molar-refractivity contribution < 1.29 is 0 Å². The number of anilines is 2. The zero-order valence-corrected chi connectivity index (χ0v) is 8.93. The molecule has 4 N–H and O–H groups in total. The molecule has 4 nitrogen and oxygen atoms in total. The van der Waals surface area contributed by atoms with Crippen LogP contribution in [-0.2, 0) is 0 Å². The van der Waals surface area contributed by atoms with Gasteiger partial charge in [0.1, 0.15) is 0 Å². The molecule has 0 atom stereocenters. The molecule has 82 valence electrons. The minimum atomic E-state index is 0.521. The van der Waals surface area contributed by atoms with Crippen molar-refractivity contribution in [2.75, 3.05) is 11.5 Å². The third-order valence-corrected chi connectivity index (χ3v) is 2.95. The maximum atomic E-state index is 5.98. The molecular weight excluding hydrogens is 200 g/mol. The lowest BCUT2D eigenvalue weighted by atomic mass is 10.2. The number of nitrogens with zero attached hydrogens (tertiary/aromatic N) is 2. The van der Waals surface area contributed by atoms with Gasteiger partial charge in [-0.1, -0.05) is 18.2 Å². The van der Waals surface area contributed by atoms with Crippen molar-refractivity contribution in [3.8, 4) is 5.69 Å². The molecule has 1 saturated carbocycles. The second-order valence-corrected chi connectivity index (χ2v) is 4.21. The molecule has 1 aliphatic carbocycles. The van der Waals surface area contributed by atoms with Crippen molar-refractivity contribution in [1.82, 2.24) is 9.78 Å². The predicted molar refractivity (Wildman–Crippen MR) is 64.4 cm³/mol. The lowest BCUT2D eigenvalue weighted by Crippen LogP contribution is -2.02. The quantitative estimate of drug-likeness (QED) is 0.802. The second-order valence-electron chi connectivity index (χ2n) is 4.21. The molecule has 0 aliphatic heterocycles. The van der Waals surface area contributed by atoms with Gasteiger partial charge in [-0.05, 0) is 25.0 Å². The lowest BCUT2D eigenvalue weighted by molar-refractivity contribution is 0.845. The van der Waals surface area contributed by atoms with Crippen LogP contribution >= 0.6 is 0 Å². The number of hydrogen-bond acceptors (Lipinski definition) is 3. The largest absolute Gasteiger partial charge is 0.394 e. The van der Waals surface area contributed by atoms with Crippen molar-refractivity contribution in [1.29, 1.82) is 0 Å². The highest BCUT2D eigenvalue weighted by molar-refractivity contribution is 5.66. The summed E-state index contributed by atoms with van der Waals surface area (Å²) in [4.78, 5) is 0. The molecule has 1 aromatic heterocycles. The fraction of sp³-hybridized carbons (Fsp3) is 0.250. The Bertz CT molecular complexity index is 511. The molecule has 1 heterocycles. The van der Waals surface area contributed by atoms with E-state index in [0.717, 1.165) is 11.4 Å². The van der Waals surface area contributed by atoms with Gasteiger partial charge in [0.25, 0.3) is 0 Å². The van der Waals surface area contributed by atoms with E-state index >= 15 is 0 Å². The van der Waals surface area contributed by atoms with E-state index in [-0.39, 0.29) is 0 Å². The van der Waals surface area contributed by atoms with Gasteiger partial charge in [0, 0.05) is 5.92 Å². The van der Waals surface area contributed by atoms with E-state index in [1.165, 1.54) is 12.8 Å². The summed E-state index contributed by atoms with van der Waals surface area (Å²) in [6.07, 6.45) is 2.35. The number of nitrogen functional groups attached to an aromatic ring is 2. The Morgan fingerprint density at radius 3 is 2.44 bits per heavy atom. The first-order valence-electron chi connectivity index (χ1n) is 5.46. The molecule has 3 rings (SSSR count). The average Bonchev–Trinajstić information content (AvgIpc) is 3.10. The summed E-state index contributed by atoms with van der Waals surface area (Å²) in [5, 5.41) is 4.51. The van der Waals surface area contributed by atoms with Crippen LogP contribution in [0.2, 0.25) is 0 Å². The highest BCUT2D eigenvalue weighted by atomic mass is 15.3. The van der Waals surface area contributed by atoms with Crippen LogP contribution in [0.25, 0.3) is 5.69 Å². The summed E-state index contributed by atoms with van der Waals surface area (Å²) < 4.78 is 1.73. The maximum absolute atomic E-state index is 5.98. The van der Waals surface area contributed by atoms with Gasteiger partial charge in [-0.15, -0.1) is 0 Å². The molecule has 16 heavy (non-hydrogen) atoms. The number of nitrogens with two attached hydrogens (primary N) is 2. The fourth-order valence-corrected chi connectivity index (χ4v) is 1.89. The fourth-order valence-electron chi connectivity index (χ4n) is 1.89. The van der Waals surface area contributed by atoms with Gasteiger partial charge in [0.05, 0.1) is 17.1 Å². The number of rotatable bonds is 2. The predicted octanol–water partition coefficient (Wildman–Crippen LogP) is 1.91. The Balaban J connectivity index is 2.11. The third kappa shape index (κ3) is 1.34. The van der Waals surface area contributed by atoms with Crippen molar-refractivity contribution in [2.24, 2.45) is 0 Å². The standard InChI is InChI=1S/C12H14N4/c13-10-11(8-6-7-8)15-16(12(10)14)9-4-2-1-3-5-9/h1-5,8H,6-7,13-14H2. The van der Waals surface area contributed by atoms with E-state index in [1.54, 1.807) is 4.68 Å². The van der Waals surface area contributed by atoms with E-state index in [4.69, 9.17) is 11.5 Å². The van der Waals surface area contributed by atoms with E-state index in [2.05, 4.69) is 5.10 Å². The monoisotopic (exact) mass is 214 g/mol. The summed E-state index contributed by atoms with van der Waals surface area (Å²) in [6.45, 7) is 0. The molecule has 0 unspecified atom stereocenters. The Labute approximate surface area is 93.9 Å². The molecule has 0 saturated heterocycles. The Hall–Kier alpha value is -1.97. The molecule has 1 fully saturated rings. The summed E-state index contributed by atoms with van der Waals surface area (Å²) in [7, 11) is 0. The normalized spacial score (nSPS) is 15.2. The van der Waals surface area contributed by atoms with Crippen LogP contribution in [-0.4, -0.2) is 9.78 Å². The Morgan fingerprint density at radius 2 is 1.81 bits per heavy atom. The molecule has 1 aliphatic rings. The number of benzene rings is 1. The number of hydrogen-bond donors (Lipinski definition) is 2. The van der Waals surface area contributed by atoms with Gasteiger partial charge in [-0.25, -0.2) is 4.68 Å². The third-order valence-electron chi connectivity index (χ3n) is 2.95. The molecule has 2 aromatic rings. The SMILES string of the molecule is Nc1c(C2CC2)nn(-c2ccccc2)c1N. The lowest BCUT2D eigenvalue weighted by Gasteiger charge is -2.02. The second kappa shape index (κ2) is 3.27. The van der Waals surface area contributed by atoms with Gasteiger partial charge in [0.2, 0.25) is 0 Å². The van der Waals surface area contributed by atoms with Crippen LogP contribution in [0.4, 0.5) is 11.5 Å². The van der Waals surface area contributed by atoms with Crippen molar-refractivity contribution in [3.63, 3.8) is 0 Å². The molecule has 0 radical (unpaired) electrons. The van der Waals surface area contributed by atoms with Gasteiger partial charge >= 0.3 is 0 Å². The average molecular weight is 214 g/mol. The first-order valence-corrected chi connectivity index (χ1v) is 5.46. The zero-order valence-electron chi connectivity index (χ0n) is 8.93. The van der Waals surface area contributed by atoms with Crippen molar-refractivity contribution in [3.05, 3.63) is 36.0 Å². The van der Waals surface area contributed by atoms with Crippen molar-refractivity contribution >= 4 is 11.5 Å². The van der Waals surface area contributed by atoms with Gasteiger partial charge in [0.15, 0.2) is 5.82 Å². The highest BCUT2D eigenvalue weighted by Crippen LogP contribution is 2.43.